The zero-order valence-electron chi connectivity index (χ0n) is 17.6. The van der Waals surface area contributed by atoms with Gasteiger partial charge in [-0.05, 0) is 49.6 Å². The van der Waals surface area contributed by atoms with Gasteiger partial charge in [-0.2, -0.15) is 0 Å². The van der Waals surface area contributed by atoms with Crippen molar-refractivity contribution in [2.24, 2.45) is 11.7 Å². The summed E-state index contributed by atoms with van der Waals surface area (Å²) in [6.45, 7) is 1.99. The van der Waals surface area contributed by atoms with Gasteiger partial charge in [-0.1, -0.05) is 34.8 Å². The van der Waals surface area contributed by atoms with Gasteiger partial charge in [0.1, 0.15) is 11.6 Å². The molecule has 2 aliphatic heterocycles. The van der Waals surface area contributed by atoms with Crippen LogP contribution in [0, 0.1) is 11.7 Å². The minimum Gasteiger partial charge on any atom is -0.380 e. The second-order valence-corrected chi connectivity index (χ2v) is 9.78. The predicted molar refractivity (Wildman–Crippen MR) is 127 cm³/mol. The van der Waals surface area contributed by atoms with Crippen LogP contribution in [-0.4, -0.2) is 46.2 Å². The third-order valence-electron chi connectivity index (χ3n) is 6.60. The quantitative estimate of drug-likeness (QED) is 0.526. The highest BCUT2D eigenvalue weighted by atomic mass is 35.5. The average Bonchev–Trinajstić information content (AvgIpc) is 3.44. The Kier molecular flexibility index (Phi) is 6.27. The van der Waals surface area contributed by atoms with Crippen molar-refractivity contribution in [3.63, 3.8) is 0 Å². The van der Waals surface area contributed by atoms with Gasteiger partial charge in [0, 0.05) is 25.1 Å². The van der Waals surface area contributed by atoms with E-state index in [1.165, 1.54) is 12.1 Å². The van der Waals surface area contributed by atoms with E-state index in [4.69, 9.17) is 50.3 Å². The number of aromatic nitrogens is 2. The lowest BCUT2D eigenvalue weighted by atomic mass is 9.88. The van der Waals surface area contributed by atoms with E-state index >= 15 is 0 Å². The van der Waals surface area contributed by atoms with E-state index in [1.54, 1.807) is 18.2 Å². The molecule has 3 unspecified atom stereocenters. The third kappa shape index (κ3) is 4.21. The molecule has 5 rings (SSSR count). The number of hydrogen-bond acceptors (Lipinski definition) is 4. The maximum atomic E-state index is 14.5. The number of nitrogens with two attached hydrogens (primary N) is 1. The van der Waals surface area contributed by atoms with Gasteiger partial charge in [0.15, 0.2) is 0 Å². The average molecular weight is 512 g/mol. The monoisotopic (exact) mass is 510 g/mol. The lowest BCUT2D eigenvalue weighted by Crippen LogP contribution is -2.47. The number of carbonyl (C=O) groups is 1. The van der Waals surface area contributed by atoms with Crippen LogP contribution in [-0.2, 0) is 9.53 Å². The first-order valence-electron chi connectivity index (χ1n) is 10.8. The zero-order valence-corrected chi connectivity index (χ0v) is 19.9. The van der Waals surface area contributed by atoms with Gasteiger partial charge in [-0.3, -0.25) is 14.3 Å². The van der Waals surface area contributed by atoms with Gasteiger partial charge in [0.2, 0.25) is 5.91 Å². The molecule has 0 bridgehead atoms. The number of halogens is 4. The predicted octanol–water partition coefficient (Wildman–Crippen LogP) is 5.15. The van der Waals surface area contributed by atoms with E-state index in [2.05, 4.69) is 4.90 Å². The van der Waals surface area contributed by atoms with Gasteiger partial charge in [0.05, 0.1) is 44.4 Å². The van der Waals surface area contributed by atoms with Gasteiger partial charge in [-0.25, -0.2) is 9.37 Å². The molecule has 0 spiro atoms. The molecule has 33 heavy (non-hydrogen) atoms. The summed E-state index contributed by atoms with van der Waals surface area (Å²) in [5, 5.41) is 0.773. The molecule has 2 fully saturated rings. The molecule has 174 valence electrons. The Balaban J connectivity index is 1.71. The standard InChI is InChI=1S/C23H22Cl3FN4O2/c24-15-2-1-13(8-18(15)27)31-20-10-17(26)16(25)9-19(20)29-23(31)21-7-12(22(28)32)3-5-30(21)14-4-6-33-11-14/h1-2,8-10,12,14,21H,3-7,11H2,(H2,28,32). The molecule has 10 heteroatoms. The number of piperidine rings is 1. The Morgan fingerprint density at radius 1 is 1.12 bits per heavy atom. The maximum Gasteiger partial charge on any atom is 0.220 e. The molecular weight excluding hydrogens is 490 g/mol. The second-order valence-electron chi connectivity index (χ2n) is 8.55. The van der Waals surface area contributed by atoms with E-state index in [9.17, 15) is 9.18 Å². The number of hydrogen-bond donors (Lipinski definition) is 1. The van der Waals surface area contributed by atoms with Crippen LogP contribution in [0.15, 0.2) is 30.3 Å². The molecule has 0 saturated carbocycles. The number of imidazole rings is 1. The summed E-state index contributed by atoms with van der Waals surface area (Å²) in [5.41, 5.74) is 7.56. The first-order chi connectivity index (χ1) is 15.8. The van der Waals surface area contributed by atoms with Crippen molar-refractivity contribution in [1.29, 1.82) is 0 Å². The number of primary amides is 1. The van der Waals surface area contributed by atoms with E-state index in [0.29, 0.717) is 65.2 Å². The van der Waals surface area contributed by atoms with Crippen LogP contribution in [0.25, 0.3) is 16.7 Å². The largest absolute Gasteiger partial charge is 0.380 e. The summed E-state index contributed by atoms with van der Waals surface area (Å²) in [6.07, 6.45) is 2.08. The highest BCUT2D eigenvalue weighted by molar-refractivity contribution is 6.42. The van der Waals surface area contributed by atoms with Crippen LogP contribution in [0.3, 0.4) is 0 Å². The first kappa shape index (κ1) is 22.9. The van der Waals surface area contributed by atoms with Crippen LogP contribution in [0.2, 0.25) is 15.1 Å². The minimum absolute atomic E-state index is 0.0296. The van der Waals surface area contributed by atoms with Crippen molar-refractivity contribution >= 4 is 51.7 Å². The number of amides is 1. The molecule has 0 radical (unpaired) electrons. The van der Waals surface area contributed by atoms with Crippen molar-refractivity contribution in [2.45, 2.75) is 31.3 Å². The fourth-order valence-electron chi connectivity index (χ4n) is 4.93. The molecule has 0 aliphatic carbocycles. The summed E-state index contributed by atoms with van der Waals surface area (Å²) in [7, 11) is 0. The molecule has 2 N–H and O–H groups in total. The summed E-state index contributed by atoms with van der Waals surface area (Å²) in [5.74, 6) is -0.478. The van der Waals surface area contributed by atoms with Crippen LogP contribution < -0.4 is 5.73 Å². The fourth-order valence-corrected chi connectivity index (χ4v) is 5.36. The van der Waals surface area contributed by atoms with E-state index in [1.807, 2.05) is 4.57 Å². The van der Waals surface area contributed by atoms with Crippen molar-refractivity contribution < 1.29 is 13.9 Å². The Bertz CT molecular complexity index is 1230. The van der Waals surface area contributed by atoms with Crippen molar-refractivity contribution in [3.8, 4) is 5.69 Å². The second kappa shape index (κ2) is 9.04. The lowest BCUT2D eigenvalue weighted by Gasteiger charge is -2.41. The molecule has 2 saturated heterocycles. The Hall–Kier alpha value is -1.90. The summed E-state index contributed by atoms with van der Waals surface area (Å²) in [4.78, 5) is 19.4. The summed E-state index contributed by atoms with van der Waals surface area (Å²) < 4.78 is 22.0. The topological polar surface area (TPSA) is 73.4 Å². The number of ether oxygens (including phenoxy) is 1. The molecule has 1 aromatic heterocycles. The maximum absolute atomic E-state index is 14.5. The van der Waals surface area contributed by atoms with Gasteiger partial charge >= 0.3 is 0 Å². The van der Waals surface area contributed by atoms with Gasteiger partial charge in [-0.15, -0.1) is 0 Å². The number of fused-ring (bicyclic) bond motifs is 1. The molecular formula is C23H22Cl3FN4O2. The number of carbonyl (C=O) groups excluding carboxylic acids is 1. The van der Waals surface area contributed by atoms with E-state index in [0.717, 1.165) is 6.42 Å². The summed E-state index contributed by atoms with van der Waals surface area (Å²) in [6, 6.07) is 8.00. The van der Waals surface area contributed by atoms with E-state index in [-0.39, 0.29) is 28.9 Å². The molecule has 2 aliphatic rings. The normalized spacial score (nSPS) is 23.9. The van der Waals surface area contributed by atoms with Crippen molar-refractivity contribution in [1.82, 2.24) is 14.5 Å². The number of rotatable bonds is 4. The number of nitrogens with zero attached hydrogens (tertiary/aromatic N) is 3. The lowest BCUT2D eigenvalue weighted by molar-refractivity contribution is -0.124. The highest BCUT2D eigenvalue weighted by Gasteiger charge is 2.39. The molecule has 3 aromatic rings. The number of benzene rings is 2. The van der Waals surface area contributed by atoms with Gasteiger partial charge < -0.3 is 10.5 Å². The molecule has 6 nitrogen and oxygen atoms in total. The molecule has 1 amide bonds. The molecule has 3 atom stereocenters. The Morgan fingerprint density at radius 3 is 2.61 bits per heavy atom. The highest BCUT2D eigenvalue weighted by Crippen LogP contribution is 2.40. The van der Waals surface area contributed by atoms with Crippen LogP contribution in [0.4, 0.5) is 4.39 Å². The zero-order chi connectivity index (χ0) is 23.3. The summed E-state index contributed by atoms with van der Waals surface area (Å²) >= 11 is 18.6. The molecule has 3 heterocycles. The van der Waals surface area contributed by atoms with Crippen LogP contribution >= 0.6 is 34.8 Å². The Labute approximate surface area is 205 Å². The van der Waals surface area contributed by atoms with Crippen LogP contribution in [0.1, 0.15) is 31.1 Å². The van der Waals surface area contributed by atoms with Crippen LogP contribution in [0.5, 0.6) is 0 Å². The number of likely N-dealkylation sites (tertiary alicyclic amines) is 1. The third-order valence-corrected chi connectivity index (χ3v) is 7.63. The van der Waals surface area contributed by atoms with Crippen molar-refractivity contribution in [3.05, 3.63) is 57.0 Å². The Morgan fingerprint density at radius 2 is 1.91 bits per heavy atom. The van der Waals surface area contributed by atoms with Gasteiger partial charge in [0.25, 0.3) is 0 Å². The SMILES string of the molecule is NC(=O)C1CCN(C2CCOC2)C(c2nc3cc(Cl)c(Cl)cc3n2-c2ccc(Cl)c(F)c2)C1. The first-order valence-corrected chi connectivity index (χ1v) is 11.9. The van der Waals surface area contributed by atoms with Crippen molar-refractivity contribution in [2.75, 3.05) is 19.8 Å². The smallest absolute Gasteiger partial charge is 0.220 e. The minimum atomic E-state index is -0.540. The fraction of sp³-hybridized carbons (Fsp3) is 0.391. The molecule has 2 aromatic carbocycles. The van der Waals surface area contributed by atoms with E-state index < -0.39 is 5.82 Å².